The van der Waals surface area contributed by atoms with Gasteiger partial charge in [-0.15, -0.1) is 0 Å². The Labute approximate surface area is 276 Å². The number of aliphatic hydroxyl groups is 1. The highest BCUT2D eigenvalue weighted by Crippen LogP contribution is 2.01. The molecule has 1 rings (SSSR count). The predicted octanol–water partition coefficient (Wildman–Crippen LogP) is -0.577. The van der Waals surface area contributed by atoms with Gasteiger partial charge in [0.1, 0.15) is 13.2 Å². The lowest BCUT2D eigenvalue weighted by Gasteiger charge is -2.10. The summed E-state index contributed by atoms with van der Waals surface area (Å²) in [4.78, 5) is 22.3. The molecular weight excluding hydrogens is 634 g/mol. The molecule has 18 nitrogen and oxygen atoms in total. The minimum Gasteiger partial charge on any atom is -0.441 e. The van der Waals surface area contributed by atoms with Crippen molar-refractivity contribution in [1.82, 2.24) is 5.32 Å². The molecule has 1 amide bonds. The van der Waals surface area contributed by atoms with E-state index in [-0.39, 0.29) is 26.4 Å². The molecule has 0 bridgehead atoms. The highest BCUT2D eigenvalue weighted by molar-refractivity contribution is 5.69. The van der Waals surface area contributed by atoms with Gasteiger partial charge in [-0.1, -0.05) is 0 Å². The van der Waals surface area contributed by atoms with Crippen molar-refractivity contribution in [3.05, 3.63) is 0 Å². The predicted molar refractivity (Wildman–Crippen MR) is 162 cm³/mol. The second-order valence-corrected chi connectivity index (χ2v) is 9.28. The molecule has 1 atom stereocenters. The van der Waals surface area contributed by atoms with Crippen molar-refractivity contribution in [2.75, 3.05) is 172 Å². The van der Waals surface area contributed by atoms with Gasteiger partial charge in [-0.05, 0) is 0 Å². The minimum atomic E-state index is -0.847. The molecule has 0 spiro atoms. The number of aliphatic hydroxyl groups excluding tert-OH is 1. The highest BCUT2D eigenvalue weighted by Gasteiger charge is 2.24. The number of alkyl carbamates (subject to hydrolysis) is 1. The van der Waals surface area contributed by atoms with Crippen LogP contribution in [0.1, 0.15) is 0 Å². The zero-order valence-corrected chi connectivity index (χ0v) is 27.4. The van der Waals surface area contributed by atoms with Crippen LogP contribution in [0.15, 0.2) is 0 Å². The number of carbonyl (C=O) groups excluding carboxylic acids is 2. The van der Waals surface area contributed by atoms with Crippen LogP contribution in [-0.2, 0) is 66.3 Å². The van der Waals surface area contributed by atoms with E-state index in [0.717, 1.165) is 0 Å². The van der Waals surface area contributed by atoms with Gasteiger partial charge in [-0.25, -0.2) is 9.59 Å². The van der Waals surface area contributed by atoms with Crippen molar-refractivity contribution in [1.29, 1.82) is 0 Å². The van der Waals surface area contributed by atoms with Crippen molar-refractivity contribution in [2.45, 2.75) is 6.10 Å². The molecule has 1 saturated heterocycles. The third kappa shape index (κ3) is 32.4. The van der Waals surface area contributed by atoms with E-state index in [1.54, 1.807) is 0 Å². The standard InChI is InChI=1S/C29H55NO17/c31-1-2-34-3-4-35-5-6-36-7-8-37-9-10-38-11-12-39-13-14-40-15-16-41-17-18-42-19-20-43-21-22-44-23-24-45-29(33)46-26-27-25-30-28(32)47-27/h27,31H,1-26H2,(H,30,32)/t27-/m0/s1. The van der Waals surface area contributed by atoms with Crippen molar-refractivity contribution >= 4 is 12.2 Å². The van der Waals surface area contributed by atoms with E-state index >= 15 is 0 Å². The molecule has 0 aromatic rings. The van der Waals surface area contributed by atoms with E-state index in [1.807, 2.05) is 0 Å². The lowest BCUT2D eigenvalue weighted by molar-refractivity contribution is -0.0287. The van der Waals surface area contributed by atoms with Crippen LogP contribution in [0.4, 0.5) is 9.59 Å². The molecule has 0 aromatic heterocycles. The fraction of sp³-hybridized carbons (Fsp3) is 0.931. The number of amides is 1. The third-order valence-corrected chi connectivity index (χ3v) is 5.54. The monoisotopic (exact) mass is 689 g/mol. The maximum absolute atomic E-state index is 11.4. The van der Waals surface area contributed by atoms with Crippen LogP contribution in [0.3, 0.4) is 0 Å². The molecule has 0 aliphatic carbocycles. The summed E-state index contributed by atoms with van der Waals surface area (Å²) in [5, 5.41) is 11.0. The number of rotatable bonds is 37. The molecule has 1 heterocycles. The molecule has 0 saturated carbocycles. The molecule has 1 aliphatic rings. The smallest absolute Gasteiger partial charge is 0.441 e. The largest absolute Gasteiger partial charge is 0.508 e. The minimum absolute atomic E-state index is 0.0172. The Hall–Kier alpha value is -1.94. The average molecular weight is 690 g/mol. The Morgan fingerprint density at radius 2 is 0.809 bits per heavy atom. The first kappa shape index (κ1) is 43.1. The molecule has 0 aromatic carbocycles. The highest BCUT2D eigenvalue weighted by atomic mass is 16.7. The molecule has 18 heteroatoms. The summed E-state index contributed by atoms with van der Waals surface area (Å²) in [5.41, 5.74) is 0. The Morgan fingerprint density at radius 1 is 0.511 bits per heavy atom. The van der Waals surface area contributed by atoms with Crippen LogP contribution in [0.2, 0.25) is 0 Å². The van der Waals surface area contributed by atoms with Crippen molar-refractivity contribution in [2.24, 2.45) is 0 Å². The van der Waals surface area contributed by atoms with Gasteiger partial charge >= 0.3 is 12.2 Å². The zero-order valence-electron chi connectivity index (χ0n) is 27.4. The van der Waals surface area contributed by atoms with Crippen LogP contribution in [0, 0.1) is 0 Å². The van der Waals surface area contributed by atoms with Crippen molar-refractivity contribution < 1.29 is 81.0 Å². The maximum atomic E-state index is 11.4. The number of carbonyl (C=O) groups is 2. The quantitative estimate of drug-likeness (QED) is 0.0621. The Balaban J connectivity index is 1.62. The fourth-order valence-corrected chi connectivity index (χ4v) is 3.28. The first-order chi connectivity index (χ1) is 23.2. The second-order valence-electron chi connectivity index (χ2n) is 9.28. The zero-order chi connectivity index (χ0) is 33.7. The van der Waals surface area contributed by atoms with Gasteiger partial charge in [-0.3, -0.25) is 0 Å². The first-order valence-corrected chi connectivity index (χ1v) is 15.9. The number of ether oxygens (including phenoxy) is 14. The molecule has 0 unspecified atom stereocenters. The molecule has 1 fully saturated rings. The maximum Gasteiger partial charge on any atom is 0.508 e. The summed E-state index contributed by atoms with van der Waals surface area (Å²) in [6.07, 6.45) is -1.88. The van der Waals surface area contributed by atoms with E-state index in [0.29, 0.717) is 145 Å². The molecular formula is C29H55NO17. The normalized spacial score (nSPS) is 14.3. The number of hydrogen-bond donors (Lipinski definition) is 2. The van der Waals surface area contributed by atoms with Gasteiger partial charge in [-0.2, -0.15) is 0 Å². The molecule has 47 heavy (non-hydrogen) atoms. The first-order valence-electron chi connectivity index (χ1n) is 15.9. The SMILES string of the molecule is O=C1NC[C@@H](COC(=O)OCCOCCOCCOCCOCCOCCOCCOCCOCCOCCOCCOCCO)O1. The van der Waals surface area contributed by atoms with Gasteiger partial charge in [0.15, 0.2) is 6.10 Å². The Kier molecular flexibility index (Phi) is 32.4. The average Bonchev–Trinajstić information content (AvgIpc) is 3.50. The van der Waals surface area contributed by atoms with Gasteiger partial charge in [0, 0.05) is 0 Å². The van der Waals surface area contributed by atoms with E-state index < -0.39 is 18.4 Å². The van der Waals surface area contributed by atoms with Gasteiger partial charge in [0.25, 0.3) is 0 Å². The van der Waals surface area contributed by atoms with Crippen LogP contribution in [0.25, 0.3) is 0 Å². The molecule has 2 N–H and O–H groups in total. The lowest BCUT2D eigenvalue weighted by Crippen LogP contribution is -2.23. The van der Waals surface area contributed by atoms with Crippen LogP contribution in [0.5, 0.6) is 0 Å². The number of nitrogens with one attached hydrogen (secondary N) is 1. The summed E-state index contributed by atoms with van der Waals surface area (Å²) in [6.45, 7) is 10.1. The summed E-state index contributed by atoms with van der Waals surface area (Å²) in [6, 6.07) is 0. The fourth-order valence-electron chi connectivity index (χ4n) is 3.28. The summed E-state index contributed by atoms with van der Waals surface area (Å²) in [5.74, 6) is 0. The van der Waals surface area contributed by atoms with E-state index in [2.05, 4.69) is 5.32 Å². The van der Waals surface area contributed by atoms with Crippen molar-refractivity contribution in [3.63, 3.8) is 0 Å². The van der Waals surface area contributed by atoms with Crippen LogP contribution < -0.4 is 5.32 Å². The molecule has 1 aliphatic heterocycles. The summed E-state index contributed by atoms with van der Waals surface area (Å²) < 4.78 is 73.7. The topological polar surface area (TPSA) is 196 Å². The Bertz CT molecular complexity index is 693. The second kappa shape index (κ2) is 35.4. The van der Waals surface area contributed by atoms with Crippen molar-refractivity contribution in [3.8, 4) is 0 Å². The van der Waals surface area contributed by atoms with Gasteiger partial charge < -0.3 is 76.7 Å². The molecule has 278 valence electrons. The van der Waals surface area contributed by atoms with Crippen LogP contribution >= 0.6 is 0 Å². The van der Waals surface area contributed by atoms with Gasteiger partial charge in [0.05, 0.1) is 159 Å². The number of cyclic esters (lactones) is 1. The van der Waals surface area contributed by atoms with E-state index in [9.17, 15) is 9.59 Å². The third-order valence-electron chi connectivity index (χ3n) is 5.54. The van der Waals surface area contributed by atoms with Crippen LogP contribution in [-0.4, -0.2) is 195 Å². The summed E-state index contributed by atoms with van der Waals surface area (Å²) in [7, 11) is 0. The van der Waals surface area contributed by atoms with E-state index in [1.165, 1.54) is 0 Å². The lowest BCUT2D eigenvalue weighted by atomic mass is 10.4. The number of hydrogen-bond acceptors (Lipinski definition) is 17. The van der Waals surface area contributed by atoms with E-state index in [4.69, 9.17) is 71.4 Å². The summed E-state index contributed by atoms with van der Waals surface area (Å²) >= 11 is 0. The van der Waals surface area contributed by atoms with Gasteiger partial charge in [0.2, 0.25) is 0 Å². The molecule has 0 radical (unpaired) electrons. The Morgan fingerprint density at radius 3 is 1.09 bits per heavy atom.